The van der Waals surface area contributed by atoms with Crippen molar-refractivity contribution < 1.29 is 4.79 Å². The third-order valence-electron chi connectivity index (χ3n) is 3.05. The number of nitrogens with two attached hydrogens (primary N) is 1. The molecule has 2 rings (SSSR count). The Morgan fingerprint density at radius 2 is 1.88 bits per heavy atom. The molecule has 1 aromatic rings. The average Bonchev–Trinajstić information content (AvgIpc) is 2.32. The predicted octanol–water partition coefficient (Wildman–Crippen LogP) is 1.92. The number of hydrogen-bond donors (Lipinski definition) is 1. The predicted molar refractivity (Wildman–Crippen MR) is 65.2 cm³/mol. The third kappa shape index (κ3) is 2.42. The van der Waals surface area contributed by atoms with Crippen molar-refractivity contribution in [1.82, 2.24) is 0 Å². The van der Waals surface area contributed by atoms with Crippen molar-refractivity contribution in [2.24, 2.45) is 5.73 Å². The molecule has 1 atom stereocenters. The molecule has 1 aliphatic rings. The van der Waals surface area contributed by atoms with Crippen molar-refractivity contribution in [1.29, 1.82) is 0 Å². The summed E-state index contributed by atoms with van der Waals surface area (Å²) in [6.07, 6.45) is 4.09. The first-order valence-corrected chi connectivity index (χ1v) is 5.91. The number of anilines is 1. The van der Waals surface area contributed by atoms with Crippen LogP contribution in [0.25, 0.3) is 0 Å². The first-order valence-electron chi connectivity index (χ1n) is 5.91. The average molecular weight is 218 g/mol. The molecule has 1 unspecified atom stereocenters. The fraction of sp³-hybridized carbons (Fsp3) is 0.462. The molecule has 86 valence electrons. The number of para-hydroxylation sites is 1. The van der Waals surface area contributed by atoms with Crippen LogP contribution in [-0.4, -0.2) is 18.5 Å². The summed E-state index contributed by atoms with van der Waals surface area (Å²) in [5.41, 5.74) is 6.85. The first-order chi connectivity index (χ1) is 7.79. The monoisotopic (exact) mass is 218 g/mol. The van der Waals surface area contributed by atoms with Crippen LogP contribution in [0.1, 0.15) is 25.7 Å². The quantitative estimate of drug-likeness (QED) is 0.782. The Labute approximate surface area is 96.2 Å². The maximum Gasteiger partial charge on any atom is 0.243 e. The molecule has 2 N–H and O–H groups in total. The van der Waals surface area contributed by atoms with Crippen LogP contribution in [-0.2, 0) is 4.79 Å². The Morgan fingerprint density at radius 3 is 2.62 bits per heavy atom. The van der Waals surface area contributed by atoms with Crippen LogP contribution in [0.5, 0.6) is 0 Å². The van der Waals surface area contributed by atoms with Crippen molar-refractivity contribution in [3.8, 4) is 0 Å². The SMILES string of the molecule is NC1CCCCCN(c2ccccc2)C1=O. The minimum absolute atomic E-state index is 0.0610. The zero-order chi connectivity index (χ0) is 11.4. The van der Waals surface area contributed by atoms with Gasteiger partial charge in [-0.25, -0.2) is 0 Å². The topological polar surface area (TPSA) is 46.3 Å². The normalized spacial score (nSPS) is 22.7. The number of amides is 1. The lowest BCUT2D eigenvalue weighted by Gasteiger charge is -2.28. The van der Waals surface area contributed by atoms with Crippen LogP contribution in [0.4, 0.5) is 5.69 Å². The Morgan fingerprint density at radius 1 is 1.12 bits per heavy atom. The fourth-order valence-electron chi connectivity index (χ4n) is 2.11. The summed E-state index contributed by atoms with van der Waals surface area (Å²) in [5.74, 6) is 0.0610. The number of carbonyl (C=O) groups is 1. The van der Waals surface area contributed by atoms with Gasteiger partial charge in [-0.2, -0.15) is 0 Å². The van der Waals surface area contributed by atoms with Crippen LogP contribution in [0.3, 0.4) is 0 Å². The van der Waals surface area contributed by atoms with Gasteiger partial charge < -0.3 is 10.6 Å². The highest BCUT2D eigenvalue weighted by Gasteiger charge is 2.23. The third-order valence-corrected chi connectivity index (χ3v) is 3.05. The highest BCUT2D eigenvalue weighted by Crippen LogP contribution is 2.19. The molecule has 16 heavy (non-hydrogen) atoms. The summed E-state index contributed by atoms with van der Waals surface area (Å²) < 4.78 is 0. The van der Waals surface area contributed by atoms with E-state index < -0.39 is 0 Å². The number of carbonyl (C=O) groups excluding carboxylic acids is 1. The minimum atomic E-state index is -0.333. The molecule has 0 aromatic heterocycles. The van der Waals surface area contributed by atoms with Crippen LogP contribution < -0.4 is 10.6 Å². The summed E-state index contributed by atoms with van der Waals surface area (Å²) in [5, 5.41) is 0. The molecule has 1 heterocycles. The van der Waals surface area contributed by atoms with E-state index in [9.17, 15) is 4.79 Å². The Hall–Kier alpha value is -1.35. The molecule has 1 fully saturated rings. The second-order valence-electron chi connectivity index (χ2n) is 4.28. The van der Waals surface area contributed by atoms with Gasteiger partial charge in [-0.3, -0.25) is 4.79 Å². The van der Waals surface area contributed by atoms with E-state index in [2.05, 4.69) is 0 Å². The lowest BCUT2D eigenvalue weighted by Crippen LogP contribution is -2.45. The van der Waals surface area contributed by atoms with Gasteiger partial charge in [-0.15, -0.1) is 0 Å². The van der Waals surface area contributed by atoms with E-state index >= 15 is 0 Å². The molecular weight excluding hydrogens is 200 g/mol. The fourth-order valence-corrected chi connectivity index (χ4v) is 2.11. The standard InChI is InChI=1S/C13H18N2O/c14-12-9-5-2-6-10-15(13(12)16)11-7-3-1-4-8-11/h1,3-4,7-8,12H,2,5-6,9-10,14H2. The summed E-state index contributed by atoms with van der Waals surface area (Å²) >= 11 is 0. The van der Waals surface area contributed by atoms with E-state index in [0.717, 1.165) is 37.9 Å². The van der Waals surface area contributed by atoms with Gasteiger partial charge in [0.25, 0.3) is 0 Å². The number of benzene rings is 1. The zero-order valence-electron chi connectivity index (χ0n) is 9.43. The van der Waals surface area contributed by atoms with Gasteiger partial charge in [0.05, 0.1) is 6.04 Å². The molecule has 3 heteroatoms. The van der Waals surface area contributed by atoms with Crippen molar-refractivity contribution in [2.45, 2.75) is 31.7 Å². The molecule has 0 bridgehead atoms. The van der Waals surface area contributed by atoms with Crippen molar-refractivity contribution in [3.63, 3.8) is 0 Å². The molecule has 0 radical (unpaired) electrons. The highest BCUT2D eigenvalue weighted by atomic mass is 16.2. The van der Waals surface area contributed by atoms with Crippen molar-refractivity contribution in [2.75, 3.05) is 11.4 Å². The van der Waals surface area contributed by atoms with E-state index in [1.807, 2.05) is 35.2 Å². The van der Waals surface area contributed by atoms with E-state index in [4.69, 9.17) is 5.73 Å². The lowest BCUT2D eigenvalue weighted by molar-refractivity contribution is -0.120. The summed E-state index contributed by atoms with van der Waals surface area (Å²) in [7, 11) is 0. The molecule has 0 saturated carbocycles. The van der Waals surface area contributed by atoms with Gasteiger partial charge in [0.15, 0.2) is 0 Å². The summed E-state index contributed by atoms with van der Waals surface area (Å²) in [4.78, 5) is 13.9. The summed E-state index contributed by atoms with van der Waals surface area (Å²) in [6.45, 7) is 0.788. The van der Waals surface area contributed by atoms with Crippen LogP contribution in [0.15, 0.2) is 30.3 Å². The minimum Gasteiger partial charge on any atom is -0.320 e. The molecule has 1 aromatic carbocycles. The molecule has 1 amide bonds. The lowest BCUT2D eigenvalue weighted by atomic mass is 10.0. The van der Waals surface area contributed by atoms with Gasteiger partial charge in [0.2, 0.25) is 5.91 Å². The number of rotatable bonds is 1. The van der Waals surface area contributed by atoms with E-state index in [1.165, 1.54) is 0 Å². The van der Waals surface area contributed by atoms with E-state index in [0.29, 0.717) is 0 Å². The first kappa shape index (κ1) is 11.1. The number of nitrogens with zero attached hydrogens (tertiary/aromatic N) is 1. The Balaban J connectivity index is 2.20. The maximum absolute atomic E-state index is 12.1. The zero-order valence-corrected chi connectivity index (χ0v) is 9.43. The van der Waals surface area contributed by atoms with Crippen molar-refractivity contribution in [3.05, 3.63) is 30.3 Å². The van der Waals surface area contributed by atoms with Crippen LogP contribution in [0.2, 0.25) is 0 Å². The summed E-state index contributed by atoms with van der Waals surface area (Å²) in [6, 6.07) is 9.46. The van der Waals surface area contributed by atoms with Crippen molar-refractivity contribution >= 4 is 11.6 Å². The number of hydrogen-bond acceptors (Lipinski definition) is 2. The molecule has 0 spiro atoms. The van der Waals surface area contributed by atoms with Crippen LogP contribution >= 0.6 is 0 Å². The molecule has 1 saturated heterocycles. The largest absolute Gasteiger partial charge is 0.320 e. The van der Waals surface area contributed by atoms with Gasteiger partial charge in [-0.1, -0.05) is 31.0 Å². The second-order valence-corrected chi connectivity index (χ2v) is 4.28. The second kappa shape index (κ2) is 5.12. The smallest absolute Gasteiger partial charge is 0.243 e. The maximum atomic E-state index is 12.1. The highest BCUT2D eigenvalue weighted by molar-refractivity contribution is 5.97. The van der Waals surface area contributed by atoms with Gasteiger partial charge >= 0.3 is 0 Å². The molecule has 0 aliphatic carbocycles. The molecular formula is C13H18N2O. The van der Waals surface area contributed by atoms with Gasteiger partial charge in [-0.05, 0) is 25.0 Å². The molecule has 3 nitrogen and oxygen atoms in total. The van der Waals surface area contributed by atoms with Gasteiger partial charge in [0.1, 0.15) is 0 Å². The molecule has 1 aliphatic heterocycles. The van der Waals surface area contributed by atoms with E-state index in [-0.39, 0.29) is 11.9 Å². The Kier molecular flexibility index (Phi) is 3.57. The Bertz CT molecular complexity index is 350. The van der Waals surface area contributed by atoms with Crippen LogP contribution in [0, 0.1) is 0 Å². The van der Waals surface area contributed by atoms with Gasteiger partial charge in [0, 0.05) is 12.2 Å². The van der Waals surface area contributed by atoms with E-state index in [1.54, 1.807) is 0 Å².